The first-order valence-corrected chi connectivity index (χ1v) is 7.04. The van der Waals surface area contributed by atoms with Crippen molar-refractivity contribution < 1.29 is 9.90 Å². The summed E-state index contributed by atoms with van der Waals surface area (Å²) >= 11 is 0. The molecule has 0 aliphatic carbocycles. The molecule has 0 bridgehead atoms. The molecule has 110 valence electrons. The molecule has 0 saturated carbocycles. The molecule has 2 aromatic rings. The summed E-state index contributed by atoms with van der Waals surface area (Å²) < 4.78 is 2.18. The lowest BCUT2D eigenvalue weighted by atomic mass is 10.1. The highest BCUT2D eigenvalue weighted by molar-refractivity contribution is 5.85. The number of hydrogen-bond acceptors (Lipinski definition) is 2. The number of carbonyl (C=O) groups is 1. The van der Waals surface area contributed by atoms with Crippen molar-refractivity contribution >= 4 is 12.0 Å². The number of hydrogen-bond donors (Lipinski definition) is 1. The van der Waals surface area contributed by atoms with Gasteiger partial charge in [-0.1, -0.05) is 19.9 Å². The standard InChI is InChI=1S/C17H20N2O2/c1-13(2)12-19-15(7-8-17(20)21)5-6-16(19)10-14-4-3-9-18-11-14/h3-9,11,13H,10,12H2,1-2H3,(H,20,21)/b8-7+. The van der Waals surface area contributed by atoms with Crippen molar-refractivity contribution in [1.29, 1.82) is 0 Å². The van der Waals surface area contributed by atoms with Crippen molar-refractivity contribution in [2.75, 3.05) is 0 Å². The maximum atomic E-state index is 10.7. The Hall–Kier alpha value is -2.36. The van der Waals surface area contributed by atoms with Gasteiger partial charge in [-0.15, -0.1) is 0 Å². The van der Waals surface area contributed by atoms with Crippen LogP contribution in [0.2, 0.25) is 0 Å². The zero-order valence-electron chi connectivity index (χ0n) is 12.4. The number of aliphatic carboxylic acids is 1. The Morgan fingerprint density at radius 3 is 2.81 bits per heavy atom. The van der Waals surface area contributed by atoms with Crippen molar-refractivity contribution in [2.24, 2.45) is 5.92 Å². The quantitative estimate of drug-likeness (QED) is 0.829. The molecule has 4 heteroatoms. The van der Waals surface area contributed by atoms with E-state index in [2.05, 4.69) is 29.5 Å². The lowest BCUT2D eigenvalue weighted by Crippen LogP contribution is -2.10. The van der Waals surface area contributed by atoms with Gasteiger partial charge in [0.25, 0.3) is 0 Å². The van der Waals surface area contributed by atoms with Crippen LogP contribution in [0, 0.1) is 5.92 Å². The zero-order chi connectivity index (χ0) is 15.2. The van der Waals surface area contributed by atoms with Gasteiger partial charge in [0.05, 0.1) is 0 Å². The molecular weight excluding hydrogens is 264 g/mol. The minimum atomic E-state index is -0.930. The van der Waals surface area contributed by atoms with Crippen LogP contribution in [-0.4, -0.2) is 20.6 Å². The Balaban J connectivity index is 2.30. The Bertz CT molecular complexity index is 627. The van der Waals surface area contributed by atoms with Crippen molar-refractivity contribution in [3.8, 4) is 0 Å². The Kier molecular flexibility index (Phi) is 4.93. The zero-order valence-corrected chi connectivity index (χ0v) is 12.4. The molecule has 2 rings (SSSR count). The van der Waals surface area contributed by atoms with Gasteiger partial charge in [0.2, 0.25) is 0 Å². The number of nitrogens with zero attached hydrogens (tertiary/aromatic N) is 2. The van der Waals surface area contributed by atoms with Gasteiger partial charge in [0.15, 0.2) is 0 Å². The van der Waals surface area contributed by atoms with Gasteiger partial charge < -0.3 is 9.67 Å². The minimum absolute atomic E-state index is 0.488. The summed E-state index contributed by atoms with van der Waals surface area (Å²) in [5.41, 5.74) is 3.24. The van der Waals surface area contributed by atoms with Crippen LogP contribution in [-0.2, 0) is 17.8 Å². The van der Waals surface area contributed by atoms with Crippen LogP contribution in [0.15, 0.2) is 42.7 Å². The van der Waals surface area contributed by atoms with E-state index in [1.807, 2.05) is 24.4 Å². The van der Waals surface area contributed by atoms with Crippen molar-refractivity contribution in [2.45, 2.75) is 26.8 Å². The Labute approximate surface area is 124 Å². The normalized spacial score (nSPS) is 11.4. The molecule has 0 radical (unpaired) electrons. The molecule has 2 aromatic heterocycles. The van der Waals surface area contributed by atoms with E-state index in [-0.39, 0.29) is 0 Å². The predicted octanol–water partition coefficient (Wildman–Crippen LogP) is 3.23. The van der Waals surface area contributed by atoms with E-state index in [1.54, 1.807) is 12.3 Å². The smallest absolute Gasteiger partial charge is 0.328 e. The van der Waals surface area contributed by atoms with Crippen LogP contribution in [0.4, 0.5) is 0 Å². The first-order chi connectivity index (χ1) is 10.1. The molecule has 21 heavy (non-hydrogen) atoms. The molecule has 0 saturated heterocycles. The summed E-state index contributed by atoms with van der Waals surface area (Å²) in [5.74, 6) is -0.442. The average molecular weight is 284 g/mol. The van der Waals surface area contributed by atoms with Crippen molar-refractivity contribution in [3.63, 3.8) is 0 Å². The Morgan fingerprint density at radius 1 is 1.38 bits per heavy atom. The highest BCUT2D eigenvalue weighted by atomic mass is 16.4. The van der Waals surface area contributed by atoms with E-state index in [4.69, 9.17) is 5.11 Å². The van der Waals surface area contributed by atoms with E-state index < -0.39 is 5.97 Å². The maximum absolute atomic E-state index is 10.7. The van der Waals surface area contributed by atoms with Gasteiger partial charge in [-0.25, -0.2) is 4.79 Å². The molecule has 4 nitrogen and oxygen atoms in total. The topological polar surface area (TPSA) is 55.1 Å². The van der Waals surface area contributed by atoms with E-state index in [1.165, 1.54) is 11.8 Å². The van der Waals surface area contributed by atoms with Crippen LogP contribution >= 0.6 is 0 Å². The summed E-state index contributed by atoms with van der Waals surface area (Å²) in [4.78, 5) is 14.8. The van der Waals surface area contributed by atoms with Crippen LogP contribution < -0.4 is 0 Å². The van der Waals surface area contributed by atoms with Crippen LogP contribution in [0.1, 0.15) is 30.8 Å². The van der Waals surface area contributed by atoms with Crippen molar-refractivity contribution in [3.05, 3.63) is 59.7 Å². The predicted molar refractivity (Wildman–Crippen MR) is 83.0 cm³/mol. The second-order valence-electron chi connectivity index (χ2n) is 5.46. The fraction of sp³-hybridized carbons (Fsp3) is 0.294. The van der Waals surface area contributed by atoms with Gasteiger partial charge >= 0.3 is 5.97 Å². The Morgan fingerprint density at radius 2 is 2.19 bits per heavy atom. The third-order valence-corrected chi connectivity index (χ3v) is 3.16. The number of pyridine rings is 1. The number of carboxylic acid groups (broad SMARTS) is 1. The highest BCUT2D eigenvalue weighted by Crippen LogP contribution is 2.17. The number of carboxylic acids is 1. The first-order valence-electron chi connectivity index (χ1n) is 7.04. The molecular formula is C17H20N2O2. The van der Waals surface area contributed by atoms with Gasteiger partial charge in [-0.2, -0.15) is 0 Å². The van der Waals surface area contributed by atoms with Crippen LogP contribution in [0.3, 0.4) is 0 Å². The molecule has 0 spiro atoms. The summed E-state index contributed by atoms with van der Waals surface area (Å²) in [6.07, 6.45) is 7.25. The molecule has 1 N–H and O–H groups in total. The third kappa shape index (κ3) is 4.31. The second kappa shape index (κ2) is 6.88. The fourth-order valence-electron chi connectivity index (χ4n) is 2.28. The summed E-state index contributed by atoms with van der Waals surface area (Å²) in [6, 6.07) is 7.99. The van der Waals surface area contributed by atoms with Crippen LogP contribution in [0.5, 0.6) is 0 Å². The molecule has 0 aliphatic rings. The van der Waals surface area contributed by atoms with E-state index in [0.717, 1.165) is 24.2 Å². The van der Waals surface area contributed by atoms with Gasteiger partial charge in [-0.3, -0.25) is 4.98 Å². The molecule has 0 aromatic carbocycles. The molecule has 0 fully saturated rings. The fourth-order valence-corrected chi connectivity index (χ4v) is 2.28. The molecule has 0 unspecified atom stereocenters. The minimum Gasteiger partial charge on any atom is -0.478 e. The summed E-state index contributed by atoms with van der Waals surface area (Å²) in [6.45, 7) is 5.17. The number of rotatable bonds is 6. The van der Waals surface area contributed by atoms with Gasteiger partial charge in [-0.05, 0) is 35.8 Å². The SMILES string of the molecule is CC(C)Cn1c(/C=C/C(=O)O)ccc1Cc1cccnc1. The van der Waals surface area contributed by atoms with E-state index >= 15 is 0 Å². The van der Waals surface area contributed by atoms with Gasteiger partial charge in [0.1, 0.15) is 0 Å². The largest absolute Gasteiger partial charge is 0.478 e. The first kappa shape index (κ1) is 15.0. The monoisotopic (exact) mass is 284 g/mol. The molecule has 0 aliphatic heterocycles. The number of aromatic nitrogens is 2. The summed E-state index contributed by atoms with van der Waals surface area (Å²) in [5, 5.41) is 8.79. The average Bonchev–Trinajstić information content (AvgIpc) is 2.79. The highest BCUT2D eigenvalue weighted by Gasteiger charge is 2.09. The van der Waals surface area contributed by atoms with Gasteiger partial charge in [0, 0.05) is 42.8 Å². The molecule has 0 amide bonds. The van der Waals surface area contributed by atoms with Crippen LogP contribution in [0.25, 0.3) is 6.08 Å². The van der Waals surface area contributed by atoms with E-state index in [9.17, 15) is 4.79 Å². The maximum Gasteiger partial charge on any atom is 0.328 e. The van der Waals surface area contributed by atoms with Crippen molar-refractivity contribution in [1.82, 2.24) is 9.55 Å². The third-order valence-electron chi connectivity index (χ3n) is 3.16. The lowest BCUT2D eigenvalue weighted by molar-refractivity contribution is -0.131. The summed E-state index contributed by atoms with van der Waals surface area (Å²) in [7, 11) is 0. The van der Waals surface area contributed by atoms with E-state index in [0.29, 0.717) is 5.92 Å². The lowest BCUT2D eigenvalue weighted by Gasteiger charge is -2.14. The molecule has 2 heterocycles. The second-order valence-corrected chi connectivity index (χ2v) is 5.46. The molecule has 0 atom stereocenters.